The first-order chi connectivity index (χ1) is 9.16. The van der Waals surface area contributed by atoms with Crippen LogP contribution in [0.4, 0.5) is 0 Å². The second-order valence-electron chi connectivity index (χ2n) is 3.88. The molecule has 0 amide bonds. The van der Waals surface area contributed by atoms with E-state index in [1.807, 2.05) is 24.3 Å². The molecule has 0 aliphatic rings. The summed E-state index contributed by atoms with van der Waals surface area (Å²) in [6.45, 7) is 0. The van der Waals surface area contributed by atoms with Crippen molar-refractivity contribution in [1.82, 2.24) is 10.1 Å². The second-order valence-corrected chi connectivity index (χ2v) is 4.73. The summed E-state index contributed by atoms with van der Waals surface area (Å²) in [6, 6.07) is 8.84. The van der Waals surface area contributed by atoms with Gasteiger partial charge in [0, 0.05) is 27.7 Å². The molecule has 1 aromatic carbocycles. The minimum atomic E-state index is -1.15. The Kier molecular flexibility index (Phi) is 2.79. The Morgan fingerprint density at radius 2 is 2.16 bits per heavy atom. The Hall–Kier alpha value is -2.21. The van der Waals surface area contributed by atoms with E-state index >= 15 is 0 Å². The number of aromatic nitrogens is 2. The van der Waals surface area contributed by atoms with E-state index in [9.17, 15) is 4.79 Å². The first-order valence-corrected chi connectivity index (χ1v) is 6.20. The molecule has 0 aliphatic heterocycles. The molecule has 0 spiro atoms. The molecule has 0 bridgehead atoms. The summed E-state index contributed by atoms with van der Waals surface area (Å²) >= 11 is 3.45. The maximum Gasteiger partial charge on any atom is 0.374 e. The zero-order valence-electron chi connectivity index (χ0n) is 9.50. The molecule has 19 heavy (non-hydrogen) atoms. The number of halogens is 1. The third-order valence-electron chi connectivity index (χ3n) is 2.71. The Morgan fingerprint density at radius 3 is 2.89 bits per heavy atom. The van der Waals surface area contributed by atoms with Gasteiger partial charge in [-0.05, 0) is 18.2 Å². The monoisotopic (exact) mass is 318 g/mol. The molecular formula is C13H7BrN2O3. The van der Waals surface area contributed by atoms with Crippen LogP contribution in [-0.2, 0) is 0 Å². The minimum Gasteiger partial charge on any atom is -0.475 e. The molecule has 0 atom stereocenters. The zero-order valence-corrected chi connectivity index (χ0v) is 11.1. The van der Waals surface area contributed by atoms with Crippen molar-refractivity contribution in [2.75, 3.05) is 0 Å². The van der Waals surface area contributed by atoms with E-state index in [1.165, 1.54) is 6.07 Å². The van der Waals surface area contributed by atoms with Crippen molar-refractivity contribution in [3.05, 3.63) is 46.8 Å². The van der Waals surface area contributed by atoms with Crippen molar-refractivity contribution < 1.29 is 14.4 Å². The number of hydrogen-bond acceptors (Lipinski definition) is 4. The molecule has 0 unspecified atom stereocenters. The molecule has 3 rings (SSSR count). The topological polar surface area (TPSA) is 76.2 Å². The van der Waals surface area contributed by atoms with Gasteiger partial charge in [-0.3, -0.25) is 4.98 Å². The Balaban J connectivity index is 2.24. The first-order valence-electron chi connectivity index (χ1n) is 5.40. The number of nitrogens with zero attached hydrogens (tertiary/aromatic N) is 2. The van der Waals surface area contributed by atoms with E-state index in [0.29, 0.717) is 5.69 Å². The average Bonchev–Trinajstić information content (AvgIpc) is 2.89. The average molecular weight is 319 g/mol. The van der Waals surface area contributed by atoms with Crippen LogP contribution in [0.15, 0.2) is 45.5 Å². The number of pyridine rings is 1. The van der Waals surface area contributed by atoms with Gasteiger partial charge in [-0.25, -0.2) is 4.79 Å². The summed E-state index contributed by atoms with van der Waals surface area (Å²) in [5.41, 5.74) is 1.92. The van der Waals surface area contributed by atoms with Crippen LogP contribution in [0.1, 0.15) is 10.6 Å². The third-order valence-corrected chi connectivity index (χ3v) is 3.40. The van der Waals surface area contributed by atoms with Gasteiger partial charge in [0.15, 0.2) is 0 Å². The Bertz CT molecular complexity index is 782. The molecule has 0 radical (unpaired) electrons. The molecule has 1 N–H and O–H groups in total. The van der Waals surface area contributed by atoms with E-state index in [1.54, 1.807) is 6.20 Å². The van der Waals surface area contributed by atoms with E-state index in [2.05, 4.69) is 26.1 Å². The molecule has 5 nitrogen and oxygen atoms in total. The maximum atomic E-state index is 10.8. The summed E-state index contributed by atoms with van der Waals surface area (Å²) in [5.74, 6) is -1.34. The van der Waals surface area contributed by atoms with E-state index in [4.69, 9.17) is 9.63 Å². The van der Waals surface area contributed by atoms with Gasteiger partial charge in [0.25, 0.3) is 0 Å². The standard InChI is InChI=1S/C13H7BrN2O3/c14-9-4-3-8(12-7(9)2-1-5-15-12)10-6-11(13(17)18)19-16-10/h1-6H,(H,17,18). The number of benzene rings is 1. The fourth-order valence-corrected chi connectivity index (χ4v) is 2.30. The Morgan fingerprint density at radius 1 is 1.32 bits per heavy atom. The summed E-state index contributed by atoms with van der Waals surface area (Å²) in [4.78, 5) is 15.1. The number of carbonyl (C=O) groups is 1. The van der Waals surface area contributed by atoms with Crippen molar-refractivity contribution in [2.24, 2.45) is 0 Å². The lowest BCUT2D eigenvalue weighted by Crippen LogP contribution is -1.91. The highest BCUT2D eigenvalue weighted by molar-refractivity contribution is 9.10. The predicted octanol–water partition coefficient (Wildman–Crippen LogP) is 3.35. The largest absolute Gasteiger partial charge is 0.475 e. The third kappa shape index (κ3) is 2.00. The Labute approximate surface area is 116 Å². The summed E-state index contributed by atoms with van der Waals surface area (Å²) in [6.07, 6.45) is 1.68. The van der Waals surface area contributed by atoms with E-state index in [0.717, 1.165) is 20.9 Å². The molecular weight excluding hydrogens is 312 g/mol. The van der Waals surface area contributed by atoms with E-state index < -0.39 is 5.97 Å². The van der Waals surface area contributed by atoms with Crippen molar-refractivity contribution in [1.29, 1.82) is 0 Å². The fraction of sp³-hybridized carbons (Fsp3) is 0. The number of carboxylic acids is 1. The normalized spacial score (nSPS) is 10.8. The molecule has 6 heteroatoms. The smallest absolute Gasteiger partial charge is 0.374 e. The fourth-order valence-electron chi connectivity index (χ4n) is 1.85. The number of rotatable bonds is 2. The molecule has 2 heterocycles. The molecule has 0 saturated heterocycles. The van der Waals surface area contributed by atoms with Gasteiger partial charge in [-0.15, -0.1) is 0 Å². The lowest BCUT2D eigenvalue weighted by molar-refractivity contribution is 0.0652. The summed E-state index contributed by atoms with van der Waals surface area (Å²) in [5, 5.41) is 13.6. The quantitative estimate of drug-likeness (QED) is 0.784. The van der Waals surface area contributed by atoms with Gasteiger partial charge in [-0.2, -0.15) is 0 Å². The highest BCUT2D eigenvalue weighted by atomic mass is 79.9. The van der Waals surface area contributed by atoms with Crippen molar-refractivity contribution in [2.45, 2.75) is 0 Å². The summed E-state index contributed by atoms with van der Waals surface area (Å²) < 4.78 is 5.69. The molecule has 94 valence electrons. The van der Waals surface area contributed by atoms with Crippen LogP contribution in [0.3, 0.4) is 0 Å². The van der Waals surface area contributed by atoms with Gasteiger partial charge in [0.05, 0.1) is 5.52 Å². The van der Waals surface area contributed by atoms with Crippen LogP contribution in [0, 0.1) is 0 Å². The molecule has 0 saturated carbocycles. The maximum absolute atomic E-state index is 10.8. The van der Waals surface area contributed by atoms with Gasteiger partial charge in [-0.1, -0.05) is 27.2 Å². The summed E-state index contributed by atoms with van der Waals surface area (Å²) in [7, 11) is 0. The van der Waals surface area contributed by atoms with Gasteiger partial charge in [0.1, 0.15) is 5.69 Å². The number of carboxylic acid groups (broad SMARTS) is 1. The van der Waals surface area contributed by atoms with Crippen LogP contribution in [0.2, 0.25) is 0 Å². The van der Waals surface area contributed by atoms with Gasteiger partial charge in [0.2, 0.25) is 5.76 Å². The van der Waals surface area contributed by atoms with Crippen molar-refractivity contribution >= 4 is 32.8 Å². The predicted molar refractivity (Wildman–Crippen MR) is 71.9 cm³/mol. The number of hydrogen-bond donors (Lipinski definition) is 1. The van der Waals surface area contributed by atoms with Crippen LogP contribution < -0.4 is 0 Å². The molecule has 3 aromatic rings. The van der Waals surface area contributed by atoms with Crippen LogP contribution in [0.5, 0.6) is 0 Å². The van der Waals surface area contributed by atoms with Crippen molar-refractivity contribution in [3.8, 4) is 11.3 Å². The number of fused-ring (bicyclic) bond motifs is 1. The van der Waals surface area contributed by atoms with Crippen LogP contribution in [-0.4, -0.2) is 21.2 Å². The van der Waals surface area contributed by atoms with Crippen LogP contribution >= 0.6 is 15.9 Å². The minimum absolute atomic E-state index is 0.193. The zero-order chi connectivity index (χ0) is 13.4. The van der Waals surface area contributed by atoms with Gasteiger partial charge < -0.3 is 9.63 Å². The van der Waals surface area contributed by atoms with E-state index in [-0.39, 0.29) is 5.76 Å². The second kappa shape index (κ2) is 4.47. The molecule has 0 fully saturated rings. The SMILES string of the molecule is O=C(O)c1cc(-c2ccc(Br)c3cccnc23)no1. The highest BCUT2D eigenvalue weighted by Crippen LogP contribution is 2.31. The lowest BCUT2D eigenvalue weighted by atomic mass is 10.1. The van der Waals surface area contributed by atoms with Crippen LogP contribution in [0.25, 0.3) is 22.2 Å². The molecule has 0 aliphatic carbocycles. The number of aromatic carboxylic acids is 1. The highest BCUT2D eigenvalue weighted by Gasteiger charge is 2.15. The lowest BCUT2D eigenvalue weighted by Gasteiger charge is -2.03. The van der Waals surface area contributed by atoms with Gasteiger partial charge >= 0.3 is 5.97 Å². The van der Waals surface area contributed by atoms with Crippen molar-refractivity contribution in [3.63, 3.8) is 0 Å². The first kappa shape index (κ1) is 11.9. The molecule has 2 aromatic heterocycles.